The molecule has 8 nitrogen and oxygen atoms in total. The Balaban J connectivity index is 1.52. The van der Waals surface area contributed by atoms with Gasteiger partial charge in [0.25, 0.3) is 11.4 Å². The van der Waals surface area contributed by atoms with Crippen molar-refractivity contribution in [3.8, 4) is 11.5 Å². The summed E-state index contributed by atoms with van der Waals surface area (Å²) < 4.78 is 10.6. The van der Waals surface area contributed by atoms with Crippen molar-refractivity contribution in [3.63, 3.8) is 0 Å². The van der Waals surface area contributed by atoms with Gasteiger partial charge in [-0.05, 0) is 50.2 Å². The molecule has 0 radical (unpaired) electrons. The number of aromatic amines is 1. The van der Waals surface area contributed by atoms with Gasteiger partial charge < -0.3 is 14.2 Å². The number of nitrogens with zero attached hydrogens (tertiary/aromatic N) is 3. The van der Waals surface area contributed by atoms with E-state index in [2.05, 4.69) is 20.1 Å². The van der Waals surface area contributed by atoms with E-state index in [0.29, 0.717) is 33.7 Å². The number of hydrogen-bond donors (Lipinski definition) is 1. The summed E-state index contributed by atoms with van der Waals surface area (Å²) >= 11 is 0. The van der Waals surface area contributed by atoms with Gasteiger partial charge in [-0.1, -0.05) is 17.3 Å². The van der Waals surface area contributed by atoms with Crippen molar-refractivity contribution in [1.29, 1.82) is 0 Å². The number of nitrogens with one attached hydrogen (secondary N) is 1. The van der Waals surface area contributed by atoms with Crippen LogP contribution in [-0.4, -0.2) is 26.1 Å². The molecular formula is C20H16N4O4. The molecule has 8 heteroatoms. The molecule has 140 valence electrons. The van der Waals surface area contributed by atoms with Gasteiger partial charge in [0, 0.05) is 5.56 Å². The van der Waals surface area contributed by atoms with Crippen molar-refractivity contribution in [1.82, 2.24) is 20.1 Å². The van der Waals surface area contributed by atoms with Crippen molar-refractivity contribution in [2.75, 3.05) is 0 Å². The van der Waals surface area contributed by atoms with Gasteiger partial charge >= 0.3 is 5.97 Å². The molecule has 4 aromatic rings. The molecule has 0 unspecified atom stereocenters. The number of aromatic nitrogens is 4. The van der Waals surface area contributed by atoms with Gasteiger partial charge in [0.05, 0.1) is 16.5 Å². The molecule has 0 aliphatic carbocycles. The maximum Gasteiger partial charge on any atom is 0.338 e. The van der Waals surface area contributed by atoms with E-state index in [1.54, 1.807) is 62.4 Å². The molecule has 0 aliphatic heterocycles. The van der Waals surface area contributed by atoms with Gasteiger partial charge in [0.2, 0.25) is 0 Å². The zero-order chi connectivity index (χ0) is 19.7. The van der Waals surface area contributed by atoms with Crippen LogP contribution in [0.15, 0.2) is 57.8 Å². The van der Waals surface area contributed by atoms with E-state index in [1.165, 1.54) is 0 Å². The van der Waals surface area contributed by atoms with Crippen LogP contribution in [0.4, 0.5) is 0 Å². The first-order chi connectivity index (χ1) is 13.5. The average molecular weight is 376 g/mol. The lowest BCUT2D eigenvalue weighted by Gasteiger charge is -2.13. The van der Waals surface area contributed by atoms with Crippen LogP contribution in [0, 0.1) is 6.92 Å². The van der Waals surface area contributed by atoms with Crippen LogP contribution in [0.25, 0.3) is 22.4 Å². The second kappa shape index (κ2) is 7.07. The van der Waals surface area contributed by atoms with Crippen molar-refractivity contribution < 1.29 is 14.1 Å². The normalized spacial score (nSPS) is 12.1. The lowest BCUT2D eigenvalue weighted by atomic mass is 10.1. The number of hydrogen-bond acceptors (Lipinski definition) is 7. The Kier molecular flexibility index (Phi) is 4.44. The van der Waals surface area contributed by atoms with E-state index in [1.807, 2.05) is 0 Å². The maximum absolute atomic E-state index is 12.4. The quantitative estimate of drug-likeness (QED) is 0.544. The van der Waals surface area contributed by atoms with Gasteiger partial charge in [0.1, 0.15) is 0 Å². The molecule has 2 heterocycles. The van der Waals surface area contributed by atoms with Crippen LogP contribution in [0.1, 0.15) is 35.0 Å². The number of rotatable bonds is 4. The fourth-order valence-corrected chi connectivity index (χ4v) is 2.74. The number of H-pyrrole nitrogens is 1. The third kappa shape index (κ3) is 3.39. The lowest BCUT2D eigenvalue weighted by molar-refractivity contribution is 0.0320. The highest BCUT2D eigenvalue weighted by Crippen LogP contribution is 2.20. The van der Waals surface area contributed by atoms with Crippen molar-refractivity contribution in [3.05, 3.63) is 76.1 Å². The lowest BCUT2D eigenvalue weighted by Crippen LogP contribution is -2.17. The summed E-state index contributed by atoms with van der Waals surface area (Å²) in [6.45, 7) is 3.38. The maximum atomic E-state index is 12.4. The summed E-state index contributed by atoms with van der Waals surface area (Å²) in [5.41, 5.74) is 1.33. The molecule has 0 fully saturated rings. The summed E-state index contributed by atoms with van der Waals surface area (Å²) in [5.74, 6) is 0.666. The second-order valence-electron chi connectivity index (χ2n) is 6.24. The summed E-state index contributed by atoms with van der Waals surface area (Å²) in [4.78, 5) is 35.8. The third-order valence-corrected chi connectivity index (χ3v) is 4.20. The number of para-hydroxylation sites is 1. The molecular weight excluding hydrogens is 360 g/mol. The Morgan fingerprint density at radius 2 is 1.86 bits per heavy atom. The molecule has 2 aromatic carbocycles. The van der Waals surface area contributed by atoms with Gasteiger partial charge in [-0.25, -0.2) is 9.78 Å². The monoisotopic (exact) mass is 376 g/mol. The van der Waals surface area contributed by atoms with E-state index < -0.39 is 12.1 Å². The molecule has 4 rings (SSSR count). The minimum absolute atomic E-state index is 0.275. The Bertz CT molecular complexity index is 1210. The number of aryl methyl sites for hydroxylation is 1. The molecule has 0 aliphatic rings. The fourth-order valence-electron chi connectivity index (χ4n) is 2.74. The fraction of sp³-hybridized carbons (Fsp3) is 0.150. The summed E-state index contributed by atoms with van der Waals surface area (Å²) in [6, 6.07) is 13.6. The Hall–Kier alpha value is -3.81. The number of carbonyl (C=O) groups excluding carboxylic acids is 1. The SMILES string of the molecule is Cc1noc(-c2ccc(C(=O)O[C@@H](C)c3nc4ccccc4c(=O)[nH]3)cc2)n1. The molecule has 0 spiro atoms. The van der Waals surface area contributed by atoms with E-state index >= 15 is 0 Å². The van der Waals surface area contributed by atoms with Crippen LogP contribution in [0.2, 0.25) is 0 Å². The molecule has 0 saturated heterocycles. The minimum Gasteiger partial charge on any atom is -0.451 e. The number of ether oxygens (including phenoxy) is 1. The van der Waals surface area contributed by atoms with Gasteiger partial charge in [-0.2, -0.15) is 4.98 Å². The molecule has 28 heavy (non-hydrogen) atoms. The highest BCUT2D eigenvalue weighted by molar-refractivity contribution is 5.90. The standard InChI is InChI=1S/C20H16N4O4/c1-11(17-22-16-6-4-3-5-15(16)18(25)23-17)27-20(26)14-9-7-13(8-10-14)19-21-12(2)24-28-19/h3-11H,1-2H3,(H,22,23,25)/t11-/m0/s1. The van der Waals surface area contributed by atoms with E-state index in [9.17, 15) is 9.59 Å². The van der Waals surface area contributed by atoms with E-state index in [0.717, 1.165) is 0 Å². The number of benzene rings is 2. The van der Waals surface area contributed by atoms with E-state index in [-0.39, 0.29) is 11.4 Å². The topological polar surface area (TPSA) is 111 Å². The predicted octanol–water partition coefficient (Wildman–Crippen LogP) is 3.20. The van der Waals surface area contributed by atoms with Gasteiger partial charge in [0.15, 0.2) is 17.8 Å². The first-order valence-electron chi connectivity index (χ1n) is 8.62. The van der Waals surface area contributed by atoms with Crippen LogP contribution in [0.5, 0.6) is 0 Å². The zero-order valence-electron chi connectivity index (χ0n) is 15.2. The van der Waals surface area contributed by atoms with E-state index in [4.69, 9.17) is 9.26 Å². The highest BCUT2D eigenvalue weighted by atomic mass is 16.5. The molecule has 0 amide bonds. The highest BCUT2D eigenvalue weighted by Gasteiger charge is 2.17. The van der Waals surface area contributed by atoms with Crippen LogP contribution >= 0.6 is 0 Å². The number of esters is 1. The summed E-state index contributed by atoms with van der Waals surface area (Å²) in [6.07, 6.45) is -0.719. The Labute approximate surface area is 159 Å². The van der Waals surface area contributed by atoms with Crippen molar-refractivity contribution in [2.24, 2.45) is 0 Å². The van der Waals surface area contributed by atoms with Gasteiger partial charge in [-0.15, -0.1) is 0 Å². The number of fused-ring (bicyclic) bond motifs is 1. The minimum atomic E-state index is -0.719. The largest absolute Gasteiger partial charge is 0.451 e. The molecule has 2 aromatic heterocycles. The molecule has 0 saturated carbocycles. The summed E-state index contributed by atoms with van der Waals surface area (Å²) in [5, 5.41) is 4.22. The summed E-state index contributed by atoms with van der Waals surface area (Å²) in [7, 11) is 0. The first-order valence-corrected chi connectivity index (χ1v) is 8.62. The average Bonchev–Trinajstić information content (AvgIpc) is 3.14. The van der Waals surface area contributed by atoms with Crippen molar-refractivity contribution >= 4 is 16.9 Å². The second-order valence-corrected chi connectivity index (χ2v) is 6.24. The zero-order valence-corrected chi connectivity index (χ0v) is 15.2. The van der Waals surface area contributed by atoms with Crippen LogP contribution in [-0.2, 0) is 4.74 Å². The molecule has 1 N–H and O–H groups in total. The Morgan fingerprint density at radius 3 is 2.57 bits per heavy atom. The Morgan fingerprint density at radius 1 is 1.11 bits per heavy atom. The first kappa shape index (κ1) is 17.6. The molecule has 1 atom stereocenters. The predicted molar refractivity (Wildman–Crippen MR) is 101 cm³/mol. The van der Waals surface area contributed by atoms with Gasteiger partial charge in [-0.3, -0.25) is 4.79 Å². The van der Waals surface area contributed by atoms with Crippen molar-refractivity contribution in [2.45, 2.75) is 20.0 Å². The van der Waals surface area contributed by atoms with Crippen LogP contribution in [0.3, 0.4) is 0 Å². The van der Waals surface area contributed by atoms with Crippen LogP contribution < -0.4 is 5.56 Å². The molecule has 0 bridgehead atoms. The smallest absolute Gasteiger partial charge is 0.338 e. The third-order valence-electron chi connectivity index (χ3n) is 4.20. The number of carbonyl (C=O) groups is 1.